The molecule has 0 heteroatoms. The Morgan fingerprint density at radius 3 is 3.00 bits per heavy atom. The van der Waals surface area contributed by atoms with Gasteiger partial charge in [0.05, 0.1) is 0 Å². The Morgan fingerprint density at radius 2 is 2.08 bits per heavy atom. The van der Waals surface area contributed by atoms with Crippen molar-refractivity contribution in [2.45, 2.75) is 39.0 Å². The van der Waals surface area contributed by atoms with E-state index in [1.54, 1.807) is 12.8 Å². The molecule has 3 rings (SSSR count). The Kier molecular flexibility index (Phi) is 1.42. The van der Waals surface area contributed by atoms with Crippen LogP contribution in [0.1, 0.15) is 39.0 Å². The molecule has 2 bridgehead atoms. The second-order valence-electron chi connectivity index (χ2n) is 5.10. The summed E-state index contributed by atoms with van der Waals surface area (Å²) in [5, 5.41) is 0. The highest BCUT2D eigenvalue weighted by Crippen LogP contribution is 2.55. The third-order valence-corrected chi connectivity index (χ3v) is 4.35. The standard InChI is InChI=1S/C12H18/c1-8-2-5-11-9-3-4-10(7-9)12(11)6-8/h6,8-11H,2-5,7H2,1H3. The SMILES string of the molecule is CC1C=C2C3CCC(C3)C2CC1. The van der Waals surface area contributed by atoms with Crippen molar-refractivity contribution in [1.82, 2.24) is 0 Å². The van der Waals surface area contributed by atoms with Crippen molar-refractivity contribution in [1.29, 1.82) is 0 Å². The van der Waals surface area contributed by atoms with Gasteiger partial charge in [0.25, 0.3) is 0 Å². The van der Waals surface area contributed by atoms with Crippen LogP contribution in [0, 0.1) is 23.7 Å². The highest BCUT2D eigenvalue weighted by molar-refractivity contribution is 5.24. The molecule has 66 valence electrons. The Bertz CT molecular complexity index is 226. The minimum Gasteiger partial charge on any atom is -0.0819 e. The van der Waals surface area contributed by atoms with Gasteiger partial charge in [-0.3, -0.25) is 0 Å². The van der Waals surface area contributed by atoms with Crippen LogP contribution >= 0.6 is 0 Å². The molecule has 4 unspecified atom stereocenters. The molecule has 0 nitrogen and oxygen atoms in total. The van der Waals surface area contributed by atoms with E-state index >= 15 is 0 Å². The zero-order valence-electron chi connectivity index (χ0n) is 7.92. The Balaban J connectivity index is 1.95. The van der Waals surface area contributed by atoms with Gasteiger partial charge < -0.3 is 0 Å². The third kappa shape index (κ3) is 0.841. The zero-order valence-corrected chi connectivity index (χ0v) is 7.92. The number of rotatable bonds is 0. The lowest BCUT2D eigenvalue weighted by Crippen LogP contribution is -2.18. The summed E-state index contributed by atoms with van der Waals surface area (Å²) < 4.78 is 0. The van der Waals surface area contributed by atoms with Gasteiger partial charge in [0, 0.05) is 0 Å². The van der Waals surface area contributed by atoms with Crippen LogP contribution in [-0.4, -0.2) is 0 Å². The first-order chi connectivity index (χ1) is 5.84. The maximum absolute atomic E-state index is 2.61. The van der Waals surface area contributed by atoms with E-state index in [2.05, 4.69) is 13.0 Å². The van der Waals surface area contributed by atoms with Crippen molar-refractivity contribution in [2.24, 2.45) is 23.7 Å². The smallest absolute Gasteiger partial charge is 0.0172 e. The summed E-state index contributed by atoms with van der Waals surface area (Å²) in [4.78, 5) is 0. The molecule has 0 aromatic rings. The normalized spacial score (nSPS) is 50.6. The van der Waals surface area contributed by atoms with E-state index in [4.69, 9.17) is 0 Å². The number of hydrogen-bond acceptors (Lipinski definition) is 0. The fourth-order valence-electron chi connectivity index (χ4n) is 3.78. The molecule has 3 aliphatic rings. The Morgan fingerprint density at radius 1 is 1.17 bits per heavy atom. The first kappa shape index (κ1) is 7.17. The molecule has 12 heavy (non-hydrogen) atoms. The van der Waals surface area contributed by atoms with Gasteiger partial charge in [-0.25, -0.2) is 0 Å². The average molecular weight is 162 g/mol. The fourth-order valence-corrected chi connectivity index (χ4v) is 3.78. The second kappa shape index (κ2) is 2.37. The summed E-state index contributed by atoms with van der Waals surface area (Å²) in [5.41, 5.74) is 1.88. The van der Waals surface area contributed by atoms with E-state index in [1.165, 1.54) is 19.3 Å². The maximum Gasteiger partial charge on any atom is -0.0172 e. The van der Waals surface area contributed by atoms with E-state index in [0.29, 0.717) is 0 Å². The lowest BCUT2D eigenvalue weighted by Gasteiger charge is -2.30. The first-order valence-electron chi connectivity index (χ1n) is 5.56. The third-order valence-electron chi connectivity index (χ3n) is 4.35. The summed E-state index contributed by atoms with van der Waals surface area (Å²) in [6.07, 6.45) is 10.2. The van der Waals surface area contributed by atoms with Crippen LogP contribution in [0.15, 0.2) is 11.6 Å². The first-order valence-corrected chi connectivity index (χ1v) is 5.56. The summed E-state index contributed by atoms with van der Waals surface area (Å²) in [6.45, 7) is 2.38. The highest BCUT2D eigenvalue weighted by Gasteiger charge is 2.44. The molecule has 0 aromatic heterocycles. The molecule has 0 radical (unpaired) electrons. The number of hydrogen-bond donors (Lipinski definition) is 0. The quantitative estimate of drug-likeness (QED) is 0.479. The van der Waals surface area contributed by atoms with Crippen LogP contribution in [0.25, 0.3) is 0 Å². The maximum atomic E-state index is 2.61. The molecule has 2 fully saturated rings. The van der Waals surface area contributed by atoms with Crippen molar-refractivity contribution in [2.75, 3.05) is 0 Å². The van der Waals surface area contributed by atoms with Gasteiger partial charge in [-0.2, -0.15) is 0 Å². The predicted molar refractivity (Wildman–Crippen MR) is 50.8 cm³/mol. The Labute approximate surface area is 75.0 Å². The summed E-state index contributed by atoms with van der Waals surface area (Å²) in [6, 6.07) is 0. The van der Waals surface area contributed by atoms with Gasteiger partial charge in [0.2, 0.25) is 0 Å². The van der Waals surface area contributed by atoms with Crippen molar-refractivity contribution < 1.29 is 0 Å². The minimum absolute atomic E-state index is 0.885. The van der Waals surface area contributed by atoms with Gasteiger partial charge in [-0.15, -0.1) is 0 Å². The van der Waals surface area contributed by atoms with Crippen molar-refractivity contribution in [3.8, 4) is 0 Å². The summed E-state index contributed by atoms with van der Waals surface area (Å²) in [7, 11) is 0. The van der Waals surface area contributed by atoms with Crippen molar-refractivity contribution in [3.05, 3.63) is 11.6 Å². The molecule has 0 spiro atoms. The van der Waals surface area contributed by atoms with Crippen LogP contribution in [0.2, 0.25) is 0 Å². The van der Waals surface area contributed by atoms with Gasteiger partial charge in [0.1, 0.15) is 0 Å². The molecule has 0 saturated heterocycles. The molecule has 0 aliphatic heterocycles. The fraction of sp³-hybridized carbons (Fsp3) is 0.833. The topological polar surface area (TPSA) is 0 Å². The molecule has 3 aliphatic carbocycles. The molecule has 4 atom stereocenters. The monoisotopic (exact) mass is 162 g/mol. The van der Waals surface area contributed by atoms with Crippen LogP contribution < -0.4 is 0 Å². The summed E-state index contributed by atoms with van der Waals surface area (Å²) >= 11 is 0. The Hall–Kier alpha value is -0.260. The van der Waals surface area contributed by atoms with Crippen LogP contribution in [0.5, 0.6) is 0 Å². The van der Waals surface area contributed by atoms with E-state index in [0.717, 1.165) is 23.7 Å². The second-order valence-corrected chi connectivity index (χ2v) is 5.10. The lowest BCUT2D eigenvalue weighted by atomic mass is 9.75. The van der Waals surface area contributed by atoms with Gasteiger partial charge >= 0.3 is 0 Å². The highest BCUT2D eigenvalue weighted by atomic mass is 14.5. The van der Waals surface area contributed by atoms with Crippen molar-refractivity contribution in [3.63, 3.8) is 0 Å². The van der Waals surface area contributed by atoms with E-state index in [9.17, 15) is 0 Å². The molecule has 0 amide bonds. The summed E-state index contributed by atoms with van der Waals surface area (Å²) in [5.74, 6) is 4.06. The molecule has 2 saturated carbocycles. The van der Waals surface area contributed by atoms with Crippen LogP contribution in [0.4, 0.5) is 0 Å². The number of allylic oxidation sites excluding steroid dienone is 2. The van der Waals surface area contributed by atoms with Gasteiger partial charge in [0.15, 0.2) is 0 Å². The van der Waals surface area contributed by atoms with Gasteiger partial charge in [-0.1, -0.05) is 18.6 Å². The van der Waals surface area contributed by atoms with Crippen LogP contribution in [0.3, 0.4) is 0 Å². The minimum atomic E-state index is 0.885. The van der Waals surface area contributed by atoms with Crippen LogP contribution in [-0.2, 0) is 0 Å². The largest absolute Gasteiger partial charge is 0.0819 e. The molecule has 0 aromatic carbocycles. The zero-order chi connectivity index (χ0) is 8.13. The predicted octanol–water partition coefficient (Wildman–Crippen LogP) is 3.39. The molecule has 0 heterocycles. The van der Waals surface area contributed by atoms with E-state index in [1.807, 2.05) is 5.57 Å². The average Bonchev–Trinajstić information content (AvgIpc) is 2.63. The molecule has 0 N–H and O–H groups in total. The molecular weight excluding hydrogens is 144 g/mol. The molecular formula is C12H18. The van der Waals surface area contributed by atoms with Gasteiger partial charge in [-0.05, 0) is 55.8 Å². The number of fused-ring (bicyclic) bond motifs is 5. The lowest BCUT2D eigenvalue weighted by molar-refractivity contribution is 0.340. The van der Waals surface area contributed by atoms with E-state index < -0.39 is 0 Å². The van der Waals surface area contributed by atoms with Crippen molar-refractivity contribution >= 4 is 0 Å². The van der Waals surface area contributed by atoms with E-state index in [-0.39, 0.29) is 0 Å².